The molecule has 1 aliphatic rings. The summed E-state index contributed by atoms with van der Waals surface area (Å²) >= 11 is 6.11. The molecule has 1 unspecified atom stereocenters. The highest BCUT2D eigenvalue weighted by molar-refractivity contribution is 6.29. The first-order chi connectivity index (χ1) is 10.7. The molecule has 0 aromatic carbocycles. The van der Waals surface area contributed by atoms with Gasteiger partial charge < -0.3 is 9.88 Å². The summed E-state index contributed by atoms with van der Waals surface area (Å²) in [4.78, 5) is 11.1. The zero-order valence-corrected chi connectivity index (χ0v) is 14.9. The Labute approximate surface area is 148 Å². The van der Waals surface area contributed by atoms with Crippen LogP contribution in [0, 0.1) is 5.92 Å². The van der Waals surface area contributed by atoms with Gasteiger partial charge in [-0.15, -0.1) is 12.4 Å². The topological polar surface area (TPSA) is 46.0 Å². The fourth-order valence-corrected chi connectivity index (χ4v) is 3.09. The smallest absolute Gasteiger partial charge is 0.128 e. The number of nitrogens with one attached hydrogen (secondary N) is 1. The van der Waals surface area contributed by atoms with Crippen molar-refractivity contribution in [2.45, 2.75) is 19.5 Å². The molecule has 0 spiro atoms. The number of pyridine rings is 1. The molecule has 3 heterocycles. The van der Waals surface area contributed by atoms with Crippen LogP contribution in [0.4, 0.5) is 0 Å². The summed E-state index contributed by atoms with van der Waals surface area (Å²) in [7, 11) is 1.96. The zero-order chi connectivity index (χ0) is 15.4. The van der Waals surface area contributed by atoms with Crippen LogP contribution in [0.1, 0.15) is 17.8 Å². The standard InChI is InChI=1S/C16H22ClN5.ClH/c1-21-15(17)9-20-16(21)12-22(11-14-4-6-19-8-14)10-13-3-2-5-18-7-13;/h2-3,5,7,9,14,19H,4,6,8,10-12H2,1H3;1H. The van der Waals surface area contributed by atoms with Gasteiger partial charge in [0.1, 0.15) is 11.0 Å². The first-order valence-corrected chi connectivity index (χ1v) is 8.08. The van der Waals surface area contributed by atoms with Gasteiger partial charge in [-0.2, -0.15) is 0 Å². The maximum absolute atomic E-state index is 6.11. The minimum absolute atomic E-state index is 0. The lowest BCUT2D eigenvalue weighted by Gasteiger charge is -2.25. The van der Waals surface area contributed by atoms with Gasteiger partial charge in [0.15, 0.2) is 0 Å². The summed E-state index contributed by atoms with van der Waals surface area (Å²) in [5.74, 6) is 1.70. The second-order valence-electron chi connectivity index (χ2n) is 5.95. The largest absolute Gasteiger partial charge is 0.321 e. The van der Waals surface area contributed by atoms with Crippen molar-refractivity contribution in [3.05, 3.63) is 47.3 Å². The van der Waals surface area contributed by atoms with Crippen molar-refractivity contribution in [3.63, 3.8) is 0 Å². The van der Waals surface area contributed by atoms with Crippen LogP contribution in [0.2, 0.25) is 5.15 Å². The van der Waals surface area contributed by atoms with Crippen LogP contribution in [0.15, 0.2) is 30.7 Å². The molecule has 2 aromatic heterocycles. The molecule has 126 valence electrons. The number of imidazole rings is 1. The van der Waals surface area contributed by atoms with Crippen molar-refractivity contribution >= 4 is 24.0 Å². The first kappa shape index (κ1) is 18.2. The number of nitrogens with zero attached hydrogens (tertiary/aromatic N) is 4. The summed E-state index contributed by atoms with van der Waals surface area (Å²) in [6, 6.07) is 4.11. The van der Waals surface area contributed by atoms with E-state index in [2.05, 4.69) is 26.3 Å². The molecule has 1 N–H and O–H groups in total. The van der Waals surface area contributed by atoms with Crippen molar-refractivity contribution < 1.29 is 0 Å². The van der Waals surface area contributed by atoms with E-state index in [0.29, 0.717) is 11.1 Å². The molecule has 0 bridgehead atoms. The second kappa shape index (κ2) is 8.64. The number of halogens is 2. The van der Waals surface area contributed by atoms with Crippen molar-refractivity contribution in [2.24, 2.45) is 13.0 Å². The van der Waals surface area contributed by atoms with Gasteiger partial charge in [-0.05, 0) is 37.1 Å². The Morgan fingerprint density at radius 1 is 1.39 bits per heavy atom. The Kier molecular flexibility index (Phi) is 6.84. The van der Waals surface area contributed by atoms with E-state index in [-0.39, 0.29) is 12.4 Å². The van der Waals surface area contributed by atoms with Crippen LogP contribution < -0.4 is 5.32 Å². The third kappa shape index (κ3) is 4.91. The van der Waals surface area contributed by atoms with Gasteiger partial charge in [0.2, 0.25) is 0 Å². The molecule has 0 saturated carbocycles. The highest BCUT2D eigenvalue weighted by Gasteiger charge is 2.20. The molecular formula is C16H23Cl2N5. The summed E-state index contributed by atoms with van der Waals surface area (Å²) in [5.41, 5.74) is 1.23. The normalized spacial score (nSPS) is 17.4. The lowest BCUT2D eigenvalue weighted by atomic mass is 10.1. The molecule has 1 aliphatic heterocycles. The van der Waals surface area contributed by atoms with Crippen molar-refractivity contribution in [1.82, 2.24) is 24.8 Å². The zero-order valence-electron chi connectivity index (χ0n) is 13.3. The highest BCUT2D eigenvalue weighted by Crippen LogP contribution is 2.16. The van der Waals surface area contributed by atoms with Gasteiger partial charge in [-0.1, -0.05) is 17.7 Å². The molecule has 0 radical (unpaired) electrons. The van der Waals surface area contributed by atoms with Crippen LogP contribution in [-0.2, 0) is 20.1 Å². The quantitative estimate of drug-likeness (QED) is 0.864. The van der Waals surface area contributed by atoms with E-state index in [1.807, 2.05) is 30.1 Å². The molecule has 5 nitrogen and oxygen atoms in total. The van der Waals surface area contributed by atoms with E-state index in [4.69, 9.17) is 11.6 Å². The Bertz CT molecular complexity index is 596. The molecule has 3 rings (SSSR count). The summed E-state index contributed by atoms with van der Waals surface area (Å²) in [5, 5.41) is 4.12. The fourth-order valence-electron chi connectivity index (χ4n) is 2.94. The van der Waals surface area contributed by atoms with Gasteiger partial charge in [0.05, 0.1) is 12.7 Å². The number of hydrogen-bond acceptors (Lipinski definition) is 4. The average Bonchev–Trinajstić information content (AvgIpc) is 3.14. The summed E-state index contributed by atoms with van der Waals surface area (Å²) in [6.45, 7) is 4.97. The Morgan fingerprint density at radius 2 is 2.26 bits per heavy atom. The van der Waals surface area contributed by atoms with E-state index in [1.165, 1.54) is 12.0 Å². The van der Waals surface area contributed by atoms with Crippen molar-refractivity contribution in [1.29, 1.82) is 0 Å². The van der Waals surface area contributed by atoms with Gasteiger partial charge in [-0.3, -0.25) is 9.88 Å². The molecule has 7 heteroatoms. The molecule has 0 amide bonds. The third-order valence-corrected chi connectivity index (χ3v) is 4.55. The maximum Gasteiger partial charge on any atom is 0.128 e. The predicted octanol–water partition coefficient (Wildman–Crippen LogP) is 2.50. The van der Waals surface area contributed by atoms with Gasteiger partial charge in [0, 0.05) is 32.5 Å². The molecule has 1 saturated heterocycles. The van der Waals surface area contributed by atoms with Crippen LogP contribution in [0.25, 0.3) is 0 Å². The highest BCUT2D eigenvalue weighted by atomic mass is 35.5. The van der Waals surface area contributed by atoms with Crippen LogP contribution in [0.3, 0.4) is 0 Å². The minimum atomic E-state index is 0. The second-order valence-corrected chi connectivity index (χ2v) is 6.33. The summed E-state index contributed by atoms with van der Waals surface area (Å²) < 4.78 is 1.95. The van der Waals surface area contributed by atoms with Gasteiger partial charge in [-0.25, -0.2) is 4.98 Å². The predicted molar refractivity (Wildman–Crippen MR) is 94.8 cm³/mol. The van der Waals surface area contributed by atoms with Crippen LogP contribution in [0.5, 0.6) is 0 Å². The number of aromatic nitrogens is 3. The molecule has 1 fully saturated rings. The monoisotopic (exact) mass is 355 g/mol. The van der Waals surface area contributed by atoms with Gasteiger partial charge in [0.25, 0.3) is 0 Å². The fraction of sp³-hybridized carbons (Fsp3) is 0.500. The van der Waals surface area contributed by atoms with E-state index in [0.717, 1.165) is 38.5 Å². The molecule has 23 heavy (non-hydrogen) atoms. The third-order valence-electron chi connectivity index (χ3n) is 4.20. The molecule has 0 aliphatic carbocycles. The molecule has 1 atom stereocenters. The van der Waals surface area contributed by atoms with E-state index >= 15 is 0 Å². The van der Waals surface area contributed by atoms with E-state index in [9.17, 15) is 0 Å². The minimum Gasteiger partial charge on any atom is -0.321 e. The first-order valence-electron chi connectivity index (χ1n) is 7.70. The van der Waals surface area contributed by atoms with E-state index < -0.39 is 0 Å². The molecular weight excluding hydrogens is 333 g/mol. The van der Waals surface area contributed by atoms with Crippen molar-refractivity contribution in [2.75, 3.05) is 19.6 Å². The van der Waals surface area contributed by atoms with Gasteiger partial charge >= 0.3 is 0 Å². The average molecular weight is 356 g/mol. The van der Waals surface area contributed by atoms with Crippen molar-refractivity contribution in [3.8, 4) is 0 Å². The SMILES string of the molecule is Cl.Cn1c(Cl)cnc1CN(Cc1cccnc1)CC1CCNC1. The number of rotatable bonds is 6. The molecule has 2 aromatic rings. The Hall–Kier alpha value is -1.14. The lowest BCUT2D eigenvalue weighted by Crippen LogP contribution is -2.31. The lowest BCUT2D eigenvalue weighted by molar-refractivity contribution is 0.213. The maximum atomic E-state index is 6.11. The van der Waals surface area contributed by atoms with Crippen LogP contribution in [-0.4, -0.2) is 39.1 Å². The Morgan fingerprint density at radius 3 is 2.87 bits per heavy atom. The van der Waals surface area contributed by atoms with Crippen LogP contribution >= 0.6 is 24.0 Å². The Balaban J connectivity index is 0.00000192. The summed E-state index contributed by atoms with van der Waals surface area (Å²) in [6.07, 6.45) is 6.71. The number of hydrogen-bond donors (Lipinski definition) is 1. The van der Waals surface area contributed by atoms with E-state index in [1.54, 1.807) is 6.20 Å².